The van der Waals surface area contributed by atoms with Gasteiger partial charge in [0.1, 0.15) is 23.2 Å². The fourth-order valence-electron chi connectivity index (χ4n) is 3.39. The van der Waals surface area contributed by atoms with Crippen LogP contribution < -0.4 is 20.2 Å². The highest BCUT2D eigenvalue weighted by atomic mass is 35.5. The zero-order valence-electron chi connectivity index (χ0n) is 15.5. The number of aromatic nitrogens is 1. The standard InChI is InChI=1S/C21H19ClN2O4/c1-3-27-14-6-4-13(5-7-14)23-21(26)15-11-24-10-12(2)28-17-9-8-16(22)18(19(17)24)20(15)25/h4-9,11-12H,3,10H2,1-2H3,(H,23,26)/t12-/m1/s1. The Hall–Kier alpha value is -2.99. The fourth-order valence-corrected chi connectivity index (χ4v) is 3.63. The zero-order chi connectivity index (χ0) is 19.8. The summed E-state index contributed by atoms with van der Waals surface area (Å²) in [7, 11) is 0. The van der Waals surface area contributed by atoms with Gasteiger partial charge in [0.25, 0.3) is 5.91 Å². The van der Waals surface area contributed by atoms with Crippen molar-refractivity contribution in [1.82, 2.24) is 4.57 Å². The number of carbonyl (C=O) groups excluding carboxylic acids is 1. The van der Waals surface area contributed by atoms with Gasteiger partial charge in [-0.25, -0.2) is 0 Å². The third kappa shape index (κ3) is 3.20. The molecule has 2 heterocycles. The molecule has 1 amide bonds. The van der Waals surface area contributed by atoms with Crippen LogP contribution in [0.15, 0.2) is 47.4 Å². The van der Waals surface area contributed by atoms with Gasteiger partial charge in [-0.15, -0.1) is 0 Å². The molecule has 0 bridgehead atoms. The molecular formula is C21H19ClN2O4. The third-order valence-electron chi connectivity index (χ3n) is 4.58. The van der Waals surface area contributed by atoms with E-state index in [-0.39, 0.29) is 11.7 Å². The molecule has 0 unspecified atom stereocenters. The molecule has 0 fully saturated rings. The summed E-state index contributed by atoms with van der Waals surface area (Å²) in [5.74, 6) is 0.818. The van der Waals surface area contributed by atoms with E-state index in [9.17, 15) is 9.59 Å². The van der Waals surface area contributed by atoms with Gasteiger partial charge in [-0.1, -0.05) is 11.6 Å². The molecule has 28 heavy (non-hydrogen) atoms. The quantitative estimate of drug-likeness (QED) is 0.718. The molecule has 0 radical (unpaired) electrons. The predicted molar refractivity (Wildman–Crippen MR) is 109 cm³/mol. The number of rotatable bonds is 4. The molecule has 1 aromatic heterocycles. The van der Waals surface area contributed by atoms with E-state index in [4.69, 9.17) is 21.1 Å². The topological polar surface area (TPSA) is 69.6 Å². The van der Waals surface area contributed by atoms with Crippen molar-refractivity contribution in [3.63, 3.8) is 0 Å². The van der Waals surface area contributed by atoms with E-state index in [0.29, 0.717) is 46.3 Å². The second-order valence-electron chi connectivity index (χ2n) is 6.63. The number of hydrogen-bond acceptors (Lipinski definition) is 4. The first kappa shape index (κ1) is 18.4. The summed E-state index contributed by atoms with van der Waals surface area (Å²) >= 11 is 6.29. The second kappa shape index (κ2) is 7.20. The third-order valence-corrected chi connectivity index (χ3v) is 4.90. The van der Waals surface area contributed by atoms with E-state index in [0.717, 1.165) is 0 Å². The Morgan fingerprint density at radius 1 is 1.29 bits per heavy atom. The summed E-state index contributed by atoms with van der Waals surface area (Å²) < 4.78 is 13.1. The number of halogens is 1. The molecule has 1 aliphatic heterocycles. The maximum absolute atomic E-state index is 13.0. The minimum atomic E-state index is -0.486. The minimum absolute atomic E-state index is 0.0366. The zero-order valence-corrected chi connectivity index (χ0v) is 16.2. The van der Waals surface area contributed by atoms with Crippen LogP contribution in [0.3, 0.4) is 0 Å². The molecule has 1 aliphatic rings. The Bertz CT molecular complexity index is 1120. The Morgan fingerprint density at radius 2 is 2.04 bits per heavy atom. The Morgan fingerprint density at radius 3 is 2.75 bits per heavy atom. The van der Waals surface area contributed by atoms with Crippen LogP contribution in [0, 0.1) is 0 Å². The number of benzene rings is 2. The van der Waals surface area contributed by atoms with E-state index in [2.05, 4.69) is 5.32 Å². The molecule has 144 valence electrons. The van der Waals surface area contributed by atoms with Gasteiger partial charge >= 0.3 is 0 Å². The van der Waals surface area contributed by atoms with Gasteiger partial charge in [-0.05, 0) is 50.2 Å². The fraction of sp³-hybridized carbons (Fsp3) is 0.238. The summed E-state index contributed by atoms with van der Waals surface area (Å²) in [4.78, 5) is 25.8. The first-order chi connectivity index (χ1) is 13.5. The Labute approximate surface area is 166 Å². The molecule has 4 rings (SSSR count). The normalized spacial score (nSPS) is 15.2. The number of nitrogens with one attached hydrogen (secondary N) is 1. The summed E-state index contributed by atoms with van der Waals surface area (Å²) in [6, 6.07) is 10.4. The number of pyridine rings is 1. The Balaban J connectivity index is 1.75. The van der Waals surface area contributed by atoms with Crippen molar-refractivity contribution >= 4 is 34.1 Å². The molecule has 0 saturated heterocycles. The largest absolute Gasteiger partial charge is 0.494 e. The van der Waals surface area contributed by atoms with E-state index in [1.54, 1.807) is 42.6 Å². The number of carbonyl (C=O) groups is 1. The highest BCUT2D eigenvalue weighted by Gasteiger charge is 2.24. The summed E-state index contributed by atoms with van der Waals surface area (Å²) in [6.07, 6.45) is 1.49. The van der Waals surface area contributed by atoms with Gasteiger partial charge in [-0.3, -0.25) is 9.59 Å². The van der Waals surface area contributed by atoms with E-state index in [1.165, 1.54) is 0 Å². The Kier molecular flexibility index (Phi) is 4.73. The first-order valence-electron chi connectivity index (χ1n) is 9.04. The van der Waals surface area contributed by atoms with Crippen molar-refractivity contribution in [1.29, 1.82) is 0 Å². The SMILES string of the molecule is CCOc1ccc(NC(=O)c2cn3c4c(ccc(Cl)c4c2=O)O[C@H](C)C3)cc1. The minimum Gasteiger partial charge on any atom is -0.494 e. The monoisotopic (exact) mass is 398 g/mol. The van der Waals surface area contributed by atoms with Gasteiger partial charge in [0, 0.05) is 11.9 Å². The molecule has 7 heteroatoms. The van der Waals surface area contributed by atoms with Crippen LogP contribution >= 0.6 is 11.6 Å². The number of amides is 1. The van der Waals surface area contributed by atoms with Gasteiger partial charge in [0.2, 0.25) is 5.43 Å². The van der Waals surface area contributed by atoms with Crippen LogP contribution in [0.5, 0.6) is 11.5 Å². The molecule has 0 spiro atoms. The molecular weight excluding hydrogens is 380 g/mol. The average molecular weight is 399 g/mol. The van der Waals surface area contributed by atoms with Crippen LogP contribution in [0.2, 0.25) is 5.02 Å². The number of hydrogen-bond donors (Lipinski definition) is 1. The van der Waals surface area contributed by atoms with Crippen molar-refractivity contribution in [2.75, 3.05) is 11.9 Å². The molecule has 2 aromatic carbocycles. The lowest BCUT2D eigenvalue weighted by atomic mass is 10.1. The maximum atomic E-state index is 13.0. The molecule has 0 saturated carbocycles. The van der Waals surface area contributed by atoms with Gasteiger partial charge in [0.15, 0.2) is 0 Å². The molecule has 1 N–H and O–H groups in total. The lowest BCUT2D eigenvalue weighted by Crippen LogP contribution is -2.30. The van der Waals surface area contributed by atoms with Crippen LogP contribution in [0.1, 0.15) is 24.2 Å². The van der Waals surface area contributed by atoms with Gasteiger partial charge < -0.3 is 19.4 Å². The van der Waals surface area contributed by atoms with Gasteiger partial charge in [-0.2, -0.15) is 0 Å². The van der Waals surface area contributed by atoms with Crippen LogP contribution in [0.4, 0.5) is 5.69 Å². The average Bonchev–Trinajstić information content (AvgIpc) is 2.67. The van der Waals surface area contributed by atoms with Crippen molar-refractivity contribution in [2.24, 2.45) is 0 Å². The lowest BCUT2D eigenvalue weighted by molar-refractivity contribution is 0.102. The first-order valence-corrected chi connectivity index (χ1v) is 9.42. The van der Waals surface area contributed by atoms with Crippen molar-refractivity contribution < 1.29 is 14.3 Å². The highest BCUT2D eigenvalue weighted by Crippen LogP contribution is 2.33. The van der Waals surface area contributed by atoms with E-state index >= 15 is 0 Å². The van der Waals surface area contributed by atoms with Crippen LogP contribution in [-0.4, -0.2) is 23.2 Å². The molecule has 3 aromatic rings. The molecule has 0 aliphatic carbocycles. The van der Waals surface area contributed by atoms with E-state index in [1.807, 2.05) is 18.4 Å². The second-order valence-corrected chi connectivity index (χ2v) is 7.04. The predicted octanol–water partition coefficient (Wildman–Crippen LogP) is 4.09. The smallest absolute Gasteiger partial charge is 0.261 e. The lowest BCUT2D eigenvalue weighted by Gasteiger charge is -2.26. The number of anilines is 1. The number of ether oxygens (including phenoxy) is 2. The highest BCUT2D eigenvalue weighted by molar-refractivity contribution is 6.35. The van der Waals surface area contributed by atoms with Crippen LogP contribution in [0.25, 0.3) is 10.9 Å². The number of nitrogens with zero attached hydrogens (tertiary/aromatic N) is 1. The summed E-state index contributed by atoms with van der Waals surface area (Å²) in [5, 5.41) is 3.36. The van der Waals surface area contributed by atoms with Crippen LogP contribution in [-0.2, 0) is 6.54 Å². The van der Waals surface area contributed by atoms with Gasteiger partial charge in [0.05, 0.1) is 29.1 Å². The van der Waals surface area contributed by atoms with Crippen molar-refractivity contribution in [3.8, 4) is 11.5 Å². The summed E-state index contributed by atoms with van der Waals surface area (Å²) in [6.45, 7) is 4.92. The molecule has 6 nitrogen and oxygen atoms in total. The molecule has 1 atom stereocenters. The van der Waals surface area contributed by atoms with E-state index < -0.39 is 11.3 Å². The van der Waals surface area contributed by atoms with Crippen molar-refractivity contribution in [3.05, 3.63) is 63.4 Å². The van der Waals surface area contributed by atoms with Crippen molar-refractivity contribution in [2.45, 2.75) is 26.5 Å². The maximum Gasteiger partial charge on any atom is 0.261 e. The summed E-state index contributed by atoms with van der Waals surface area (Å²) in [5.41, 5.74) is 0.811.